The van der Waals surface area contributed by atoms with E-state index in [1.807, 2.05) is 18.2 Å². The molecule has 1 N–H and O–H groups in total. The molecule has 0 unspecified atom stereocenters. The molecule has 2 aliphatic heterocycles. The number of rotatable bonds is 4. The molecule has 0 atom stereocenters. The van der Waals surface area contributed by atoms with E-state index in [4.69, 9.17) is 0 Å². The highest BCUT2D eigenvalue weighted by Gasteiger charge is 2.61. The van der Waals surface area contributed by atoms with Gasteiger partial charge in [0.05, 0.1) is 22.6 Å². The standard InChI is InChI=1S/C20H28N4O4S/c1-22(2)20(16-6-4-3-5-7-16)13-19(14-20)15-24(18(26)21-19)12-17(25)23-8-10-29(27,28)11-9-23/h3-7H,8-15H2,1-2H3,(H,21,26)/t19-,20-. The fourth-order valence-electron chi connectivity index (χ4n) is 4.93. The maximum Gasteiger partial charge on any atom is 0.318 e. The van der Waals surface area contributed by atoms with Crippen molar-refractivity contribution in [1.82, 2.24) is 20.0 Å². The molecule has 1 aliphatic carbocycles. The highest BCUT2D eigenvalue weighted by Crippen LogP contribution is 2.53. The lowest BCUT2D eigenvalue weighted by atomic mass is 9.59. The van der Waals surface area contributed by atoms with Crippen molar-refractivity contribution in [3.63, 3.8) is 0 Å². The van der Waals surface area contributed by atoms with Crippen LogP contribution in [-0.2, 0) is 20.2 Å². The maximum atomic E-state index is 12.6. The summed E-state index contributed by atoms with van der Waals surface area (Å²) in [7, 11) is 1.08. The predicted molar refractivity (Wildman–Crippen MR) is 109 cm³/mol. The SMILES string of the molecule is CN(C)[C@]1(c2ccccc2)C[C@]2(CN(CC(=O)N3CCS(=O)(=O)CC3)C(=O)N2)C1. The first-order valence-corrected chi connectivity index (χ1v) is 11.8. The van der Waals surface area contributed by atoms with Gasteiger partial charge in [-0.15, -0.1) is 0 Å². The van der Waals surface area contributed by atoms with E-state index < -0.39 is 9.84 Å². The number of hydrogen-bond donors (Lipinski definition) is 1. The minimum Gasteiger partial charge on any atom is -0.339 e. The number of nitrogens with zero attached hydrogens (tertiary/aromatic N) is 3. The molecule has 0 radical (unpaired) electrons. The van der Waals surface area contributed by atoms with Crippen LogP contribution >= 0.6 is 0 Å². The quantitative estimate of drug-likeness (QED) is 0.755. The normalized spacial score (nSPS) is 31.1. The fourth-order valence-corrected chi connectivity index (χ4v) is 6.13. The van der Waals surface area contributed by atoms with Gasteiger partial charge in [-0.25, -0.2) is 13.2 Å². The van der Waals surface area contributed by atoms with E-state index in [0.717, 1.165) is 12.8 Å². The van der Waals surface area contributed by atoms with Crippen LogP contribution in [0.25, 0.3) is 0 Å². The molecular weight excluding hydrogens is 392 g/mol. The second-order valence-electron chi connectivity index (χ2n) is 8.74. The van der Waals surface area contributed by atoms with Gasteiger partial charge in [0.2, 0.25) is 5.91 Å². The predicted octanol–water partition coefficient (Wildman–Crippen LogP) is 0.258. The Morgan fingerprint density at radius 3 is 2.34 bits per heavy atom. The van der Waals surface area contributed by atoms with Gasteiger partial charge in [-0.3, -0.25) is 9.69 Å². The van der Waals surface area contributed by atoms with E-state index in [-0.39, 0.29) is 54.2 Å². The number of benzene rings is 1. The third-order valence-corrected chi connectivity index (χ3v) is 8.21. The Labute approximate surface area is 171 Å². The summed E-state index contributed by atoms with van der Waals surface area (Å²) >= 11 is 0. The van der Waals surface area contributed by atoms with Gasteiger partial charge in [-0.1, -0.05) is 30.3 Å². The van der Waals surface area contributed by atoms with Gasteiger partial charge in [-0.05, 0) is 32.5 Å². The molecule has 1 aromatic carbocycles. The summed E-state index contributed by atoms with van der Waals surface area (Å²) in [6.45, 7) is 0.902. The summed E-state index contributed by atoms with van der Waals surface area (Å²) in [4.78, 5) is 30.5. The number of urea groups is 1. The van der Waals surface area contributed by atoms with Crippen LogP contribution in [0.4, 0.5) is 4.79 Å². The molecule has 0 bridgehead atoms. The second kappa shape index (κ2) is 6.98. The summed E-state index contributed by atoms with van der Waals surface area (Å²) < 4.78 is 23.1. The van der Waals surface area contributed by atoms with Crippen molar-refractivity contribution in [1.29, 1.82) is 0 Å². The van der Waals surface area contributed by atoms with Gasteiger partial charge in [-0.2, -0.15) is 0 Å². The van der Waals surface area contributed by atoms with E-state index in [2.05, 4.69) is 36.4 Å². The van der Waals surface area contributed by atoms with Gasteiger partial charge < -0.3 is 15.1 Å². The molecule has 4 rings (SSSR count). The molecule has 3 amide bonds. The molecule has 3 fully saturated rings. The topological polar surface area (TPSA) is 90.0 Å². The Morgan fingerprint density at radius 2 is 1.76 bits per heavy atom. The first-order chi connectivity index (χ1) is 13.6. The number of amides is 3. The molecule has 2 saturated heterocycles. The number of nitrogens with one attached hydrogen (secondary N) is 1. The molecule has 1 saturated carbocycles. The second-order valence-corrected chi connectivity index (χ2v) is 11.0. The smallest absolute Gasteiger partial charge is 0.318 e. The lowest BCUT2D eigenvalue weighted by molar-refractivity contribution is -0.131. The van der Waals surface area contributed by atoms with Crippen molar-refractivity contribution in [2.24, 2.45) is 0 Å². The zero-order valence-corrected chi connectivity index (χ0v) is 17.7. The van der Waals surface area contributed by atoms with Crippen molar-refractivity contribution >= 4 is 21.8 Å². The van der Waals surface area contributed by atoms with Crippen LogP contribution in [0.1, 0.15) is 18.4 Å². The molecule has 3 aliphatic rings. The molecule has 1 aromatic rings. The van der Waals surface area contributed by atoms with Gasteiger partial charge in [0, 0.05) is 19.6 Å². The lowest BCUT2D eigenvalue weighted by Gasteiger charge is -2.57. The molecule has 8 nitrogen and oxygen atoms in total. The minimum absolute atomic E-state index is 0.00267. The van der Waals surface area contributed by atoms with Gasteiger partial charge >= 0.3 is 6.03 Å². The Hall–Kier alpha value is -2.13. The van der Waals surface area contributed by atoms with Crippen LogP contribution < -0.4 is 5.32 Å². The minimum atomic E-state index is -3.04. The molecule has 29 heavy (non-hydrogen) atoms. The molecule has 9 heteroatoms. The number of sulfone groups is 1. The number of hydrogen-bond acceptors (Lipinski definition) is 5. The average Bonchev–Trinajstić information content (AvgIpc) is 2.96. The van der Waals surface area contributed by atoms with Crippen LogP contribution in [0.15, 0.2) is 30.3 Å². The zero-order chi connectivity index (χ0) is 20.9. The van der Waals surface area contributed by atoms with Crippen molar-refractivity contribution in [2.45, 2.75) is 23.9 Å². The van der Waals surface area contributed by atoms with Crippen LogP contribution in [-0.4, -0.2) is 92.4 Å². The van der Waals surface area contributed by atoms with Crippen molar-refractivity contribution < 1.29 is 18.0 Å². The Morgan fingerprint density at radius 1 is 1.14 bits per heavy atom. The maximum absolute atomic E-state index is 12.6. The Balaban J connectivity index is 1.41. The largest absolute Gasteiger partial charge is 0.339 e. The highest BCUT2D eigenvalue weighted by atomic mass is 32.2. The molecule has 158 valence electrons. The number of carbonyl (C=O) groups excluding carboxylic acids is 2. The lowest BCUT2D eigenvalue weighted by Crippen LogP contribution is -2.66. The highest BCUT2D eigenvalue weighted by molar-refractivity contribution is 7.91. The summed E-state index contributed by atoms with van der Waals surface area (Å²) in [6.07, 6.45) is 1.57. The Bertz CT molecular complexity index is 896. The monoisotopic (exact) mass is 420 g/mol. The summed E-state index contributed by atoms with van der Waals surface area (Å²) in [6, 6.07) is 10.1. The Kier molecular flexibility index (Phi) is 4.85. The van der Waals surface area contributed by atoms with E-state index in [0.29, 0.717) is 6.54 Å². The molecule has 1 spiro atoms. The third-order valence-electron chi connectivity index (χ3n) is 6.60. The first-order valence-electron chi connectivity index (χ1n) is 9.93. The van der Waals surface area contributed by atoms with E-state index >= 15 is 0 Å². The van der Waals surface area contributed by atoms with Crippen molar-refractivity contribution in [3.8, 4) is 0 Å². The molecular formula is C20H28N4O4S. The van der Waals surface area contributed by atoms with E-state index in [1.165, 1.54) is 5.56 Å². The van der Waals surface area contributed by atoms with Crippen LogP contribution in [0, 0.1) is 0 Å². The average molecular weight is 421 g/mol. The van der Waals surface area contributed by atoms with E-state index in [1.54, 1.807) is 9.80 Å². The van der Waals surface area contributed by atoms with E-state index in [9.17, 15) is 18.0 Å². The first kappa shape index (κ1) is 20.2. The van der Waals surface area contributed by atoms with Crippen molar-refractivity contribution in [3.05, 3.63) is 35.9 Å². The zero-order valence-electron chi connectivity index (χ0n) is 16.9. The van der Waals surface area contributed by atoms with Crippen LogP contribution in [0.3, 0.4) is 0 Å². The summed E-state index contributed by atoms with van der Waals surface area (Å²) in [5.41, 5.74) is 0.771. The molecule has 0 aromatic heterocycles. The van der Waals surface area contributed by atoms with Crippen molar-refractivity contribution in [2.75, 3.05) is 51.8 Å². The van der Waals surface area contributed by atoms with Gasteiger partial charge in [0.25, 0.3) is 0 Å². The van der Waals surface area contributed by atoms with Gasteiger partial charge in [0.15, 0.2) is 9.84 Å². The number of carbonyl (C=O) groups is 2. The summed E-state index contributed by atoms with van der Waals surface area (Å²) in [5, 5.41) is 3.11. The third kappa shape index (κ3) is 3.61. The molecule has 2 heterocycles. The summed E-state index contributed by atoms with van der Waals surface area (Å²) in [5.74, 6) is -0.192. The van der Waals surface area contributed by atoms with Gasteiger partial charge in [0.1, 0.15) is 6.54 Å². The van der Waals surface area contributed by atoms with Crippen LogP contribution in [0.5, 0.6) is 0 Å². The van der Waals surface area contributed by atoms with Crippen LogP contribution in [0.2, 0.25) is 0 Å². The fraction of sp³-hybridized carbons (Fsp3) is 0.600.